The number of anilines is 1. The van der Waals surface area contributed by atoms with Gasteiger partial charge in [-0.25, -0.2) is 4.98 Å². The Morgan fingerprint density at radius 1 is 1.20 bits per heavy atom. The number of fused-ring (bicyclic) bond motifs is 1. The Kier molecular flexibility index (Phi) is 4.32. The van der Waals surface area contributed by atoms with Gasteiger partial charge in [-0.3, -0.25) is 0 Å². The number of ether oxygens (including phenoxy) is 1. The van der Waals surface area contributed by atoms with Crippen LogP contribution >= 0.6 is 0 Å². The van der Waals surface area contributed by atoms with E-state index in [2.05, 4.69) is 17.2 Å². The van der Waals surface area contributed by atoms with Crippen LogP contribution in [0.4, 0.5) is 19.0 Å². The van der Waals surface area contributed by atoms with Crippen molar-refractivity contribution in [3.05, 3.63) is 30.3 Å². The highest BCUT2D eigenvalue weighted by molar-refractivity contribution is 5.81. The summed E-state index contributed by atoms with van der Waals surface area (Å²) in [5.41, 5.74) is 0.713. The predicted octanol–water partition coefficient (Wildman–Crippen LogP) is 4.00. The van der Waals surface area contributed by atoms with Gasteiger partial charge in [-0.2, -0.15) is 13.2 Å². The number of pyridine rings is 1. The molecule has 0 saturated carbocycles. The summed E-state index contributed by atoms with van der Waals surface area (Å²) in [6, 6.07) is 8.30. The first-order valence-electron chi connectivity index (χ1n) is 6.32. The number of aromatic nitrogens is 1. The van der Waals surface area contributed by atoms with Gasteiger partial charge in [-0.15, -0.1) is 0 Å². The molecule has 1 aromatic carbocycles. The van der Waals surface area contributed by atoms with Crippen molar-refractivity contribution in [3.63, 3.8) is 0 Å². The lowest BCUT2D eigenvalue weighted by Crippen LogP contribution is -2.19. The van der Waals surface area contributed by atoms with Crippen molar-refractivity contribution in [3.8, 4) is 5.75 Å². The van der Waals surface area contributed by atoms with E-state index in [0.717, 1.165) is 24.2 Å². The number of hydrogen-bond acceptors (Lipinski definition) is 3. The van der Waals surface area contributed by atoms with Crippen LogP contribution in [0.1, 0.15) is 13.3 Å². The molecule has 0 atom stereocenters. The number of hydrogen-bond donors (Lipinski definition) is 1. The molecule has 2 aromatic rings. The standard InChI is InChI=1S/C14H15F3N2O/c1-2-7-18-13-6-3-10-8-11(4-5-12(10)19-13)20-9-14(15,16)17/h3-6,8H,2,7,9H2,1H3,(H,18,19). The van der Waals surface area contributed by atoms with Gasteiger partial charge < -0.3 is 10.1 Å². The predicted molar refractivity (Wildman–Crippen MR) is 72.1 cm³/mol. The van der Waals surface area contributed by atoms with Crippen LogP contribution < -0.4 is 10.1 Å². The van der Waals surface area contributed by atoms with Crippen LogP contribution in [-0.4, -0.2) is 24.3 Å². The quantitative estimate of drug-likeness (QED) is 0.901. The van der Waals surface area contributed by atoms with Crippen LogP contribution in [0.5, 0.6) is 5.75 Å². The van der Waals surface area contributed by atoms with Crippen molar-refractivity contribution < 1.29 is 17.9 Å². The summed E-state index contributed by atoms with van der Waals surface area (Å²) in [7, 11) is 0. The second-order valence-corrected chi connectivity index (χ2v) is 4.38. The summed E-state index contributed by atoms with van der Waals surface area (Å²) in [6.45, 7) is 1.59. The van der Waals surface area contributed by atoms with E-state index in [4.69, 9.17) is 4.74 Å². The molecule has 0 amide bonds. The fraction of sp³-hybridized carbons (Fsp3) is 0.357. The molecule has 1 aromatic heterocycles. The van der Waals surface area contributed by atoms with Gasteiger partial charge in [0.2, 0.25) is 0 Å². The van der Waals surface area contributed by atoms with Gasteiger partial charge in [0.15, 0.2) is 6.61 Å². The van der Waals surface area contributed by atoms with Crippen molar-refractivity contribution in [2.75, 3.05) is 18.5 Å². The van der Waals surface area contributed by atoms with Crippen LogP contribution in [0.3, 0.4) is 0 Å². The zero-order valence-corrected chi connectivity index (χ0v) is 11.0. The van der Waals surface area contributed by atoms with Crippen LogP contribution in [0.15, 0.2) is 30.3 Å². The van der Waals surface area contributed by atoms with Crippen LogP contribution in [0.25, 0.3) is 10.9 Å². The first-order chi connectivity index (χ1) is 9.48. The molecule has 0 spiro atoms. The minimum atomic E-state index is -4.33. The molecule has 0 aliphatic rings. The normalized spacial score (nSPS) is 11.6. The molecule has 0 bridgehead atoms. The second kappa shape index (κ2) is 5.98. The molecule has 0 aliphatic heterocycles. The van der Waals surface area contributed by atoms with E-state index in [9.17, 15) is 13.2 Å². The zero-order valence-electron chi connectivity index (χ0n) is 11.0. The molecule has 6 heteroatoms. The Morgan fingerprint density at radius 3 is 2.70 bits per heavy atom. The van der Waals surface area contributed by atoms with E-state index in [1.54, 1.807) is 24.3 Å². The van der Waals surface area contributed by atoms with Gasteiger partial charge in [0.1, 0.15) is 11.6 Å². The third kappa shape index (κ3) is 4.01. The topological polar surface area (TPSA) is 34.1 Å². The second-order valence-electron chi connectivity index (χ2n) is 4.38. The largest absolute Gasteiger partial charge is 0.484 e. The van der Waals surface area contributed by atoms with Crippen molar-refractivity contribution >= 4 is 16.7 Å². The summed E-state index contributed by atoms with van der Waals surface area (Å²) in [6.07, 6.45) is -3.34. The van der Waals surface area contributed by atoms with E-state index in [1.807, 2.05) is 0 Å². The minimum absolute atomic E-state index is 0.186. The molecule has 0 fully saturated rings. The first kappa shape index (κ1) is 14.4. The number of benzene rings is 1. The fourth-order valence-electron chi connectivity index (χ4n) is 1.71. The molecule has 1 N–H and O–H groups in total. The van der Waals surface area contributed by atoms with Gasteiger partial charge >= 0.3 is 6.18 Å². The van der Waals surface area contributed by atoms with E-state index >= 15 is 0 Å². The fourth-order valence-corrected chi connectivity index (χ4v) is 1.71. The van der Waals surface area contributed by atoms with Crippen molar-refractivity contribution in [1.82, 2.24) is 4.98 Å². The van der Waals surface area contributed by atoms with Gasteiger partial charge in [-0.05, 0) is 36.8 Å². The first-order valence-corrected chi connectivity index (χ1v) is 6.32. The maximum Gasteiger partial charge on any atom is 0.422 e. The van der Waals surface area contributed by atoms with Gasteiger partial charge in [0.25, 0.3) is 0 Å². The van der Waals surface area contributed by atoms with Gasteiger partial charge in [0.05, 0.1) is 5.52 Å². The van der Waals surface area contributed by atoms with Crippen molar-refractivity contribution in [2.24, 2.45) is 0 Å². The van der Waals surface area contributed by atoms with E-state index in [0.29, 0.717) is 5.52 Å². The van der Waals surface area contributed by atoms with Crippen molar-refractivity contribution in [2.45, 2.75) is 19.5 Å². The summed E-state index contributed by atoms with van der Waals surface area (Å²) < 4.78 is 40.9. The van der Waals surface area contributed by atoms with E-state index in [1.165, 1.54) is 6.07 Å². The molecule has 0 unspecified atom stereocenters. The molecule has 0 aliphatic carbocycles. The highest BCUT2D eigenvalue weighted by Gasteiger charge is 2.28. The summed E-state index contributed by atoms with van der Waals surface area (Å²) in [5, 5.41) is 3.90. The summed E-state index contributed by atoms with van der Waals surface area (Å²) in [5.74, 6) is 0.939. The summed E-state index contributed by atoms with van der Waals surface area (Å²) >= 11 is 0. The Labute approximate surface area is 114 Å². The monoisotopic (exact) mass is 284 g/mol. The molecule has 0 saturated heterocycles. The Bertz CT molecular complexity index is 584. The number of rotatable bonds is 5. The van der Waals surface area contributed by atoms with E-state index in [-0.39, 0.29) is 5.75 Å². The zero-order chi connectivity index (χ0) is 14.6. The van der Waals surface area contributed by atoms with Gasteiger partial charge in [-0.1, -0.05) is 6.92 Å². The maximum atomic E-state index is 12.1. The Balaban J connectivity index is 2.14. The molecule has 0 radical (unpaired) electrons. The highest BCUT2D eigenvalue weighted by atomic mass is 19.4. The van der Waals surface area contributed by atoms with Gasteiger partial charge in [0, 0.05) is 11.9 Å². The SMILES string of the molecule is CCCNc1ccc2cc(OCC(F)(F)F)ccc2n1. The molecule has 2 rings (SSSR count). The molecular formula is C14H15F3N2O. The lowest BCUT2D eigenvalue weighted by Gasteiger charge is -2.10. The average molecular weight is 284 g/mol. The van der Waals surface area contributed by atoms with E-state index < -0.39 is 12.8 Å². The smallest absolute Gasteiger partial charge is 0.422 e. The minimum Gasteiger partial charge on any atom is -0.484 e. The number of nitrogens with zero attached hydrogens (tertiary/aromatic N) is 1. The Hall–Kier alpha value is -1.98. The number of alkyl halides is 3. The molecule has 20 heavy (non-hydrogen) atoms. The highest BCUT2D eigenvalue weighted by Crippen LogP contribution is 2.23. The molecule has 108 valence electrons. The summed E-state index contributed by atoms with van der Waals surface area (Å²) in [4.78, 5) is 4.37. The van der Waals surface area contributed by atoms with Crippen LogP contribution in [-0.2, 0) is 0 Å². The maximum absolute atomic E-state index is 12.1. The molecule has 3 nitrogen and oxygen atoms in total. The number of halogens is 3. The third-order valence-corrected chi connectivity index (χ3v) is 2.62. The lowest BCUT2D eigenvalue weighted by atomic mass is 10.2. The van der Waals surface area contributed by atoms with Crippen LogP contribution in [0.2, 0.25) is 0 Å². The third-order valence-electron chi connectivity index (χ3n) is 2.62. The van der Waals surface area contributed by atoms with Crippen molar-refractivity contribution in [1.29, 1.82) is 0 Å². The molecular weight excluding hydrogens is 269 g/mol. The van der Waals surface area contributed by atoms with Crippen LogP contribution in [0, 0.1) is 0 Å². The lowest BCUT2D eigenvalue weighted by molar-refractivity contribution is -0.153. The average Bonchev–Trinajstić information content (AvgIpc) is 2.41. The number of nitrogens with one attached hydrogen (secondary N) is 1. The molecule has 1 heterocycles. The Morgan fingerprint density at radius 2 is 2.00 bits per heavy atom.